The zero-order valence-corrected chi connectivity index (χ0v) is 15.2. The number of phenolic OH excluding ortho intramolecular Hbond substituents is 1. The summed E-state index contributed by atoms with van der Waals surface area (Å²) >= 11 is 0. The largest absolute Gasteiger partial charge is 0.507 e. The molecule has 0 amide bonds. The summed E-state index contributed by atoms with van der Waals surface area (Å²) in [5.41, 5.74) is 4.54. The molecule has 3 rings (SSSR count). The number of unbranched alkanes of at least 4 members (excludes halogenated alkanes) is 1. The monoisotopic (exact) mass is 314 g/mol. The van der Waals surface area contributed by atoms with Crippen LogP contribution in [0.15, 0.2) is 17.7 Å². The average Bonchev–Trinajstić information content (AvgIpc) is 2.48. The lowest BCUT2D eigenvalue weighted by Gasteiger charge is -2.46. The van der Waals surface area contributed by atoms with Gasteiger partial charge in [0, 0.05) is 17.4 Å². The summed E-state index contributed by atoms with van der Waals surface area (Å²) in [6, 6.07) is 2.19. The maximum Gasteiger partial charge on any atom is 0.127 e. The molecule has 1 heterocycles. The second kappa shape index (κ2) is 5.89. The molecule has 0 saturated carbocycles. The fraction of sp³-hybridized carbons (Fsp3) is 0.619. The van der Waals surface area contributed by atoms with Crippen molar-refractivity contribution in [1.29, 1.82) is 0 Å². The highest BCUT2D eigenvalue weighted by Gasteiger charge is 2.45. The van der Waals surface area contributed by atoms with Gasteiger partial charge >= 0.3 is 0 Å². The summed E-state index contributed by atoms with van der Waals surface area (Å²) in [5, 5.41) is 10.9. The molecule has 23 heavy (non-hydrogen) atoms. The maximum atomic E-state index is 10.9. The van der Waals surface area contributed by atoms with Crippen LogP contribution in [0.1, 0.15) is 76.0 Å². The summed E-state index contributed by atoms with van der Waals surface area (Å²) in [6.07, 6.45) is 7.95. The molecule has 0 aromatic heterocycles. The van der Waals surface area contributed by atoms with E-state index in [-0.39, 0.29) is 11.5 Å². The van der Waals surface area contributed by atoms with Gasteiger partial charge in [0.05, 0.1) is 0 Å². The van der Waals surface area contributed by atoms with Crippen LogP contribution < -0.4 is 4.74 Å². The van der Waals surface area contributed by atoms with E-state index in [1.807, 2.05) is 0 Å². The van der Waals surface area contributed by atoms with Crippen LogP contribution in [0.2, 0.25) is 0 Å². The van der Waals surface area contributed by atoms with Crippen molar-refractivity contribution in [2.45, 2.75) is 78.2 Å². The SMILES string of the molecule is CCCCc1cc2c(c(O)c1C)[C@@H]1C=C(C)CC[C@H]1C(C)(C)O2. The van der Waals surface area contributed by atoms with Gasteiger partial charge in [-0.1, -0.05) is 25.0 Å². The molecule has 0 unspecified atom stereocenters. The molecule has 0 bridgehead atoms. The van der Waals surface area contributed by atoms with Crippen LogP contribution in [0.5, 0.6) is 11.5 Å². The zero-order chi connectivity index (χ0) is 16.8. The van der Waals surface area contributed by atoms with Crippen LogP contribution in [-0.2, 0) is 6.42 Å². The van der Waals surface area contributed by atoms with E-state index in [0.29, 0.717) is 11.7 Å². The van der Waals surface area contributed by atoms with Crippen molar-refractivity contribution in [3.05, 3.63) is 34.4 Å². The van der Waals surface area contributed by atoms with Crippen LogP contribution in [0, 0.1) is 12.8 Å². The van der Waals surface area contributed by atoms with Gasteiger partial charge in [-0.2, -0.15) is 0 Å². The summed E-state index contributed by atoms with van der Waals surface area (Å²) in [7, 11) is 0. The van der Waals surface area contributed by atoms with E-state index in [9.17, 15) is 5.11 Å². The molecule has 126 valence electrons. The third kappa shape index (κ3) is 2.77. The highest BCUT2D eigenvalue weighted by molar-refractivity contribution is 5.58. The van der Waals surface area contributed by atoms with E-state index in [2.05, 4.69) is 46.8 Å². The van der Waals surface area contributed by atoms with E-state index < -0.39 is 0 Å². The Hall–Kier alpha value is -1.44. The summed E-state index contributed by atoms with van der Waals surface area (Å²) in [6.45, 7) is 10.9. The fourth-order valence-corrected chi connectivity index (χ4v) is 4.34. The maximum absolute atomic E-state index is 10.9. The van der Waals surface area contributed by atoms with E-state index in [1.54, 1.807) is 0 Å². The molecule has 0 fully saturated rings. The minimum absolute atomic E-state index is 0.182. The highest BCUT2D eigenvalue weighted by atomic mass is 16.5. The van der Waals surface area contributed by atoms with Gasteiger partial charge in [0.25, 0.3) is 0 Å². The first-order valence-electron chi connectivity index (χ1n) is 9.06. The molecule has 1 aromatic rings. The Bertz CT molecular complexity index is 640. The topological polar surface area (TPSA) is 29.5 Å². The van der Waals surface area contributed by atoms with Crippen LogP contribution in [-0.4, -0.2) is 10.7 Å². The van der Waals surface area contributed by atoms with Gasteiger partial charge < -0.3 is 9.84 Å². The number of ether oxygens (including phenoxy) is 1. The molecule has 1 aliphatic carbocycles. The lowest BCUT2D eigenvalue weighted by atomic mass is 9.67. The summed E-state index contributed by atoms with van der Waals surface area (Å²) in [5.74, 6) is 2.08. The van der Waals surface area contributed by atoms with Gasteiger partial charge in [-0.15, -0.1) is 0 Å². The van der Waals surface area contributed by atoms with Crippen molar-refractivity contribution in [3.63, 3.8) is 0 Å². The first kappa shape index (κ1) is 16.4. The molecule has 0 radical (unpaired) electrons. The van der Waals surface area contributed by atoms with E-state index in [4.69, 9.17) is 4.74 Å². The molecule has 1 aliphatic heterocycles. The Labute approximate surface area is 140 Å². The van der Waals surface area contributed by atoms with Crippen molar-refractivity contribution in [2.24, 2.45) is 5.92 Å². The van der Waals surface area contributed by atoms with Gasteiger partial charge in [0.15, 0.2) is 0 Å². The van der Waals surface area contributed by atoms with Gasteiger partial charge in [0.2, 0.25) is 0 Å². The third-order valence-corrected chi connectivity index (χ3v) is 5.81. The van der Waals surface area contributed by atoms with Crippen LogP contribution in [0.3, 0.4) is 0 Å². The Balaban J connectivity index is 2.13. The molecule has 2 nitrogen and oxygen atoms in total. The Morgan fingerprint density at radius 1 is 1.30 bits per heavy atom. The quantitative estimate of drug-likeness (QED) is 0.730. The summed E-state index contributed by atoms with van der Waals surface area (Å²) in [4.78, 5) is 0. The molecule has 0 spiro atoms. The Morgan fingerprint density at radius 3 is 2.74 bits per heavy atom. The number of hydrogen-bond acceptors (Lipinski definition) is 2. The van der Waals surface area contributed by atoms with Crippen LogP contribution >= 0.6 is 0 Å². The molecule has 2 atom stereocenters. The number of hydrogen-bond donors (Lipinski definition) is 1. The third-order valence-electron chi connectivity index (χ3n) is 5.81. The zero-order valence-electron chi connectivity index (χ0n) is 15.2. The first-order chi connectivity index (χ1) is 10.8. The number of benzene rings is 1. The lowest BCUT2D eigenvalue weighted by molar-refractivity contribution is 0.0106. The normalized spacial score (nSPS) is 25.2. The van der Waals surface area contributed by atoms with Crippen LogP contribution in [0.25, 0.3) is 0 Å². The standard InChI is InChI=1S/C21H30O2/c1-6-7-8-15-12-18-19(20(22)14(15)3)16-11-13(2)9-10-17(16)21(4,5)23-18/h11-12,16-17,22H,6-10H2,1-5H3/t16-,17-/m1/s1. The van der Waals surface area contributed by atoms with Gasteiger partial charge in [0.1, 0.15) is 17.1 Å². The molecule has 2 aliphatic rings. The first-order valence-corrected chi connectivity index (χ1v) is 9.06. The number of aromatic hydroxyl groups is 1. The van der Waals surface area contributed by atoms with Crippen molar-refractivity contribution in [1.82, 2.24) is 0 Å². The second-order valence-electron chi connectivity index (χ2n) is 7.91. The highest BCUT2D eigenvalue weighted by Crippen LogP contribution is 2.54. The number of allylic oxidation sites excluding steroid dienone is 2. The number of rotatable bonds is 3. The molecule has 0 saturated heterocycles. The number of aryl methyl sites for hydroxylation is 1. The van der Waals surface area contributed by atoms with Crippen LogP contribution in [0.4, 0.5) is 0 Å². The number of fused-ring (bicyclic) bond motifs is 3. The predicted octanol–water partition coefficient (Wildman–Crippen LogP) is 5.65. The molecule has 2 heteroatoms. The lowest BCUT2D eigenvalue weighted by Crippen LogP contribution is -2.45. The van der Waals surface area contributed by atoms with Crippen molar-refractivity contribution in [2.75, 3.05) is 0 Å². The van der Waals surface area contributed by atoms with Crippen molar-refractivity contribution >= 4 is 0 Å². The van der Waals surface area contributed by atoms with E-state index in [0.717, 1.165) is 49.0 Å². The van der Waals surface area contributed by atoms with Gasteiger partial charge in [-0.3, -0.25) is 0 Å². The number of phenols is 1. The fourth-order valence-electron chi connectivity index (χ4n) is 4.34. The van der Waals surface area contributed by atoms with Gasteiger partial charge in [-0.25, -0.2) is 0 Å². The minimum Gasteiger partial charge on any atom is -0.507 e. The summed E-state index contributed by atoms with van der Waals surface area (Å²) < 4.78 is 6.39. The minimum atomic E-state index is -0.182. The van der Waals surface area contributed by atoms with E-state index >= 15 is 0 Å². The van der Waals surface area contributed by atoms with Crippen molar-refractivity contribution < 1.29 is 9.84 Å². The molecule has 1 aromatic carbocycles. The average molecular weight is 314 g/mol. The molecular formula is C21H30O2. The van der Waals surface area contributed by atoms with Crippen molar-refractivity contribution in [3.8, 4) is 11.5 Å². The molecule has 1 N–H and O–H groups in total. The smallest absolute Gasteiger partial charge is 0.127 e. The van der Waals surface area contributed by atoms with E-state index in [1.165, 1.54) is 11.1 Å². The Kier molecular flexibility index (Phi) is 4.20. The molecular weight excluding hydrogens is 284 g/mol. The Morgan fingerprint density at radius 2 is 2.04 bits per heavy atom. The van der Waals surface area contributed by atoms with Gasteiger partial charge in [-0.05, 0) is 70.6 Å². The predicted molar refractivity (Wildman–Crippen MR) is 95.4 cm³/mol. The second-order valence-corrected chi connectivity index (χ2v) is 7.91.